The summed E-state index contributed by atoms with van der Waals surface area (Å²) in [6.45, 7) is 2.53. The molecule has 2 aromatic heterocycles. The summed E-state index contributed by atoms with van der Waals surface area (Å²) in [7, 11) is 0. The Labute approximate surface area is 132 Å². The average Bonchev–Trinajstić information content (AvgIpc) is 3.11. The van der Waals surface area contributed by atoms with Gasteiger partial charge in [0.2, 0.25) is 5.95 Å². The number of hydrogen-bond acceptors (Lipinski definition) is 7. The minimum atomic E-state index is -0.758. The lowest BCUT2D eigenvalue weighted by molar-refractivity contribution is -0.0432. The molecule has 126 valence electrons. The first kappa shape index (κ1) is 15.9. The number of nitrogens with zero attached hydrogens (tertiary/aromatic N) is 3. The highest BCUT2D eigenvalue weighted by Gasteiger charge is 2.35. The molecule has 0 bridgehead atoms. The van der Waals surface area contributed by atoms with Gasteiger partial charge in [-0.05, 0) is 6.42 Å². The number of aromatic nitrogens is 4. The summed E-state index contributed by atoms with van der Waals surface area (Å²) in [5.74, 6) is 0.384. The van der Waals surface area contributed by atoms with Gasteiger partial charge in [-0.25, -0.2) is 4.98 Å². The van der Waals surface area contributed by atoms with Crippen LogP contribution in [0.3, 0.4) is 0 Å². The first-order chi connectivity index (χ1) is 11.1. The normalized spacial score (nSPS) is 24.4. The van der Waals surface area contributed by atoms with Gasteiger partial charge in [-0.3, -0.25) is 14.3 Å². The SMILES string of the molecule is CCCCNc1nc2c(ncn2[C@H]2C[C@@H](O)[C@H](CO)O2)c(=O)[nH]1. The Morgan fingerprint density at radius 2 is 2.39 bits per heavy atom. The summed E-state index contributed by atoms with van der Waals surface area (Å²) in [5, 5.41) is 22.1. The Balaban J connectivity index is 1.91. The highest BCUT2D eigenvalue weighted by Crippen LogP contribution is 2.30. The van der Waals surface area contributed by atoms with Crippen LogP contribution >= 0.6 is 0 Å². The van der Waals surface area contributed by atoms with Crippen molar-refractivity contribution in [1.82, 2.24) is 19.5 Å². The van der Waals surface area contributed by atoms with Crippen LogP contribution < -0.4 is 10.9 Å². The molecule has 0 saturated carbocycles. The molecule has 0 spiro atoms. The molecule has 1 fully saturated rings. The van der Waals surface area contributed by atoms with Gasteiger partial charge in [-0.2, -0.15) is 4.98 Å². The van der Waals surface area contributed by atoms with E-state index in [1.54, 1.807) is 4.57 Å². The van der Waals surface area contributed by atoms with E-state index in [1.807, 2.05) is 0 Å². The molecular weight excluding hydrogens is 302 g/mol. The zero-order valence-corrected chi connectivity index (χ0v) is 12.9. The number of hydrogen-bond donors (Lipinski definition) is 4. The van der Waals surface area contributed by atoms with E-state index in [4.69, 9.17) is 4.74 Å². The maximum atomic E-state index is 12.1. The molecule has 0 amide bonds. The number of aliphatic hydroxyl groups excluding tert-OH is 2. The second-order valence-electron chi connectivity index (χ2n) is 5.63. The molecule has 3 heterocycles. The summed E-state index contributed by atoms with van der Waals surface area (Å²) < 4.78 is 7.22. The molecule has 0 aliphatic carbocycles. The smallest absolute Gasteiger partial charge is 0.280 e. The monoisotopic (exact) mass is 323 g/mol. The van der Waals surface area contributed by atoms with Crippen LogP contribution in [0.15, 0.2) is 11.1 Å². The number of ether oxygens (including phenoxy) is 1. The van der Waals surface area contributed by atoms with Gasteiger partial charge in [0.05, 0.1) is 19.0 Å². The molecule has 23 heavy (non-hydrogen) atoms. The van der Waals surface area contributed by atoms with Crippen molar-refractivity contribution in [2.24, 2.45) is 0 Å². The van der Waals surface area contributed by atoms with Crippen molar-refractivity contribution in [1.29, 1.82) is 0 Å². The highest BCUT2D eigenvalue weighted by atomic mass is 16.5. The Morgan fingerprint density at radius 3 is 3.09 bits per heavy atom. The molecule has 9 nitrogen and oxygen atoms in total. The maximum absolute atomic E-state index is 12.1. The van der Waals surface area contributed by atoms with E-state index in [1.165, 1.54) is 6.33 Å². The fraction of sp³-hybridized carbons (Fsp3) is 0.643. The Bertz CT molecular complexity index is 728. The summed E-state index contributed by atoms with van der Waals surface area (Å²) in [6, 6.07) is 0. The zero-order chi connectivity index (χ0) is 16.4. The second-order valence-corrected chi connectivity index (χ2v) is 5.63. The number of H-pyrrole nitrogens is 1. The van der Waals surface area contributed by atoms with Gasteiger partial charge in [0, 0.05) is 13.0 Å². The van der Waals surface area contributed by atoms with Crippen molar-refractivity contribution in [3.05, 3.63) is 16.7 Å². The van der Waals surface area contributed by atoms with Crippen molar-refractivity contribution in [3.63, 3.8) is 0 Å². The summed E-state index contributed by atoms with van der Waals surface area (Å²) in [4.78, 5) is 23.2. The summed E-state index contributed by atoms with van der Waals surface area (Å²) >= 11 is 0. The van der Waals surface area contributed by atoms with Gasteiger partial charge in [-0.15, -0.1) is 0 Å². The van der Waals surface area contributed by atoms with E-state index in [-0.39, 0.29) is 17.7 Å². The third-order valence-electron chi connectivity index (χ3n) is 3.95. The Kier molecular flexibility index (Phi) is 4.60. The molecule has 3 rings (SSSR count). The first-order valence-electron chi connectivity index (χ1n) is 7.79. The van der Waals surface area contributed by atoms with Gasteiger partial charge in [-0.1, -0.05) is 13.3 Å². The van der Waals surface area contributed by atoms with Crippen molar-refractivity contribution in [2.45, 2.75) is 44.6 Å². The van der Waals surface area contributed by atoms with Crippen molar-refractivity contribution >= 4 is 17.1 Å². The summed E-state index contributed by atoms with van der Waals surface area (Å²) in [5.41, 5.74) is 0.283. The van der Waals surface area contributed by atoms with Crippen molar-refractivity contribution < 1.29 is 14.9 Å². The van der Waals surface area contributed by atoms with Crippen molar-refractivity contribution in [2.75, 3.05) is 18.5 Å². The van der Waals surface area contributed by atoms with E-state index in [0.29, 0.717) is 24.6 Å². The van der Waals surface area contributed by atoms with Crippen LogP contribution in [0.1, 0.15) is 32.4 Å². The highest BCUT2D eigenvalue weighted by molar-refractivity contribution is 5.70. The van der Waals surface area contributed by atoms with E-state index in [9.17, 15) is 15.0 Å². The van der Waals surface area contributed by atoms with Crippen LogP contribution in [0.2, 0.25) is 0 Å². The summed E-state index contributed by atoms with van der Waals surface area (Å²) in [6.07, 6.45) is 1.88. The topological polar surface area (TPSA) is 125 Å². The quantitative estimate of drug-likeness (QED) is 0.550. The first-order valence-corrected chi connectivity index (χ1v) is 7.79. The number of anilines is 1. The largest absolute Gasteiger partial charge is 0.394 e. The second kappa shape index (κ2) is 6.65. The van der Waals surface area contributed by atoms with Crippen LogP contribution in [0.5, 0.6) is 0 Å². The average molecular weight is 323 g/mol. The van der Waals surface area contributed by atoms with E-state index >= 15 is 0 Å². The molecule has 4 N–H and O–H groups in total. The van der Waals surface area contributed by atoms with Crippen LogP contribution in [-0.2, 0) is 4.74 Å². The van der Waals surface area contributed by atoms with Crippen LogP contribution in [0.25, 0.3) is 11.2 Å². The molecule has 0 aromatic carbocycles. The van der Waals surface area contributed by atoms with Crippen molar-refractivity contribution in [3.8, 4) is 0 Å². The van der Waals surface area contributed by atoms with E-state index < -0.39 is 18.4 Å². The third kappa shape index (κ3) is 3.07. The molecule has 3 atom stereocenters. The van der Waals surface area contributed by atoms with Gasteiger partial charge >= 0.3 is 0 Å². The molecular formula is C14H21N5O4. The standard InChI is InChI=1S/C14H21N5O4/c1-2-3-4-15-14-17-12-11(13(22)18-14)16-7-19(12)10-5-8(21)9(6-20)23-10/h7-10,20-21H,2-6H2,1H3,(H2,15,17,18,22)/t8-,9+,10-/m1/s1. The lowest BCUT2D eigenvalue weighted by atomic mass is 10.2. The van der Waals surface area contributed by atoms with Crippen LogP contribution in [-0.4, -0.2) is 55.1 Å². The number of fused-ring (bicyclic) bond motifs is 1. The van der Waals surface area contributed by atoms with Gasteiger partial charge in [0.15, 0.2) is 11.2 Å². The number of rotatable bonds is 6. The van der Waals surface area contributed by atoms with E-state index in [0.717, 1.165) is 12.8 Å². The number of unbranched alkanes of at least 4 members (excludes halogenated alkanes) is 1. The molecule has 1 aliphatic heterocycles. The lowest BCUT2D eigenvalue weighted by Crippen LogP contribution is -2.24. The third-order valence-corrected chi connectivity index (χ3v) is 3.95. The molecule has 0 radical (unpaired) electrons. The minimum Gasteiger partial charge on any atom is -0.394 e. The number of aliphatic hydroxyl groups is 2. The van der Waals surface area contributed by atoms with Gasteiger partial charge in [0.25, 0.3) is 5.56 Å². The minimum absolute atomic E-state index is 0.219. The van der Waals surface area contributed by atoms with Crippen LogP contribution in [0, 0.1) is 0 Å². The number of aromatic amines is 1. The Hall–Kier alpha value is -1.97. The molecule has 0 unspecified atom stereocenters. The molecule has 1 aliphatic rings. The molecule has 2 aromatic rings. The lowest BCUT2D eigenvalue weighted by Gasteiger charge is -2.14. The maximum Gasteiger partial charge on any atom is 0.280 e. The fourth-order valence-electron chi connectivity index (χ4n) is 2.65. The zero-order valence-electron chi connectivity index (χ0n) is 12.9. The predicted molar refractivity (Wildman–Crippen MR) is 83.2 cm³/mol. The molecule has 9 heteroatoms. The van der Waals surface area contributed by atoms with Gasteiger partial charge < -0.3 is 20.3 Å². The van der Waals surface area contributed by atoms with Gasteiger partial charge in [0.1, 0.15) is 12.3 Å². The number of imidazole rings is 1. The Morgan fingerprint density at radius 1 is 1.57 bits per heavy atom. The van der Waals surface area contributed by atoms with E-state index in [2.05, 4.69) is 27.2 Å². The predicted octanol–water partition coefficient (Wildman–Crippen LogP) is -0.0277. The van der Waals surface area contributed by atoms with Crippen LogP contribution in [0.4, 0.5) is 5.95 Å². The molecule has 1 saturated heterocycles. The fourth-order valence-corrected chi connectivity index (χ4v) is 2.65. The number of nitrogens with one attached hydrogen (secondary N) is 2.